The quantitative estimate of drug-likeness (QED) is 0.644. The molecule has 0 saturated carbocycles. The Bertz CT molecular complexity index is 532. The molecule has 2 unspecified atom stereocenters. The number of nitro benzene ring substituents is 1. The summed E-state index contributed by atoms with van der Waals surface area (Å²) in [7, 11) is 1.58. The van der Waals surface area contributed by atoms with Gasteiger partial charge in [0.25, 0.3) is 11.6 Å². The number of nitrogens with zero attached hydrogens (tertiary/aromatic N) is 1. The maximum absolute atomic E-state index is 12.1. The zero-order chi connectivity index (χ0) is 14.7. The van der Waals surface area contributed by atoms with E-state index in [0.29, 0.717) is 17.9 Å². The van der Waals surface area contributed by atoms with Gasteiger partial charge in [0.2, 0.25) is 0 Å². The van der Waals surface area contributed by atoms with Crippen LogP contribution in [-0.4, -0.2) is 36.6 Å². The van der Waals surface area contributed by atoms with Crippen LogP contribution >= 0.6 is 0 Å². The van der Waals surface area contributed by atoms with E-state index in [1.54, 1.807) is 7.05 Å². The molecule has 108 valence electrons. The number of carbonyl (C=O) groups is 1. The van der Waals surface area contributed by atoms with E-state index in [0.717, 1.165) is 6.42 Å². The highest BCUT2D eigenvalue weighted by Gasteiger charge is 2.26. The summed E-state index contributed by atoms with van der Waals surface area (Å²) >= 11 is 0. The Balaban J connectivity index is 2.16. The van der Waals surface area contributed by atoms with Crippen LogP contribution in [0, 0.1) is 10.1 Å². The molecule has 1 aliphatic rings. The van der Waals surface area contributed by atoms with Gasteiger partial charge < -0.3 is 15.4 Å². The van der Waals surface area contributed by atoms with Gasteiger partial charge in [-0.15, -0.1) is 0 Å². The average molecular weight is 279 g/mol. The first-order valence-corrected chi connectivity index (χ1v) is 6.41. The van der Waals surface area contributed by atoms with Gasteiger partial charge in [-0.1, -0.05) is 0 Å². The summed E-state index contributed by atoms with van der Waals surface area (Å²) < 4.78 is 5.38. The minimum atomic E-state index is -0.486. The van der Waals surface area contributed by atoms with Gasteiger partial charge in [0, 0.05) is 25.3 Å². The Morgan fingerprint density at radius 1 is 1.50 bits per heavy atom. The van der Waals surface area contributed by atoms with E-state index >= 15 is 0 Å². The van der Waals surface area contributed by atoms with Crippen LogP contribution in [0.5, 0.6) is 0 Å². The van der Waals surface area contributed by atoms with Crippen molar-refractivity contribution in [3.63, 3.8) is 0 Å². The molecule has 1 aliphatic heterocycles. The van der Waals surface area contributed by atoms with E-state index in [2.05, 4.69) is 10.6 Å². The highest BCUT2D eigenvalue weighted by atomic mass is 16.6. The fourth-order valence-corrected chi connectivity index (χ4v) is 2.21. The van der Waals surface area contributed by atoms with Crippen LogP contribution in [0.2, 0.25) is 0 Å². The molecule has 2 N–H and O–H groups in total. The van der Waals surface area contributed by atoms with Gasteiger partial charge in [0.1, 0.15) is 5.69 Å². The van der Waals surface area contributed by atoms with E-state index in [1.165, 1.54) is 18.2 Å². The Morgan fingerprint density at radius 3 is 2.80 bits per heavy atom. The Morgan fingerprint density at radius 2 is 2.25 bits per heavy atom. The lowest BCUT2D eigenvalue weighted by Gasteiger charge is -2.16. The van der Waals surface area contributed by atoms with Crippen molar-refractivity contribution in [2.45, 2.75) is 25.5 Å². The molecule has 0 aromatic heterocycles. The maximum atomic E-state index is 12.1. The van der Waals surface area contributed by atoms with Gasteiger partial charge in [-0.05, 0) is 25.5 Å². The number of amides is 1. The van der Waals surface area contributed by atoms with Crippen molar-refractivity contribution in [2.75, 3.05) is 19.0 Å². The summed E-state index contributed by atoms with van der Waals surface area (Å²) in [6, 6.07) is 4.24. The number of anilines is 1. The van der Waals surface area contributed by atoms with Gasteiger partial charge in [0.05, 0.1) is 17.1 Å². The number of rotatable bonds is 4. The molecule has 2 rings (SSSR count). The second kappa shape index (κ2) is 5.87. The zero-order valence-electron chi connectivity index (χ0n) is 11.4. The van der Waals surface area contributed by atoms with Crippen LogP contribution in [0.1, 0.15) is 23.7 Å². The fourth-order valence-electron chi connectivity index (χ4n) is 2.21. The Labute approximate surface area is 116 Å². The third kappa shape index (κ3) is 2.88. The van der Waals surface area contributed by atoms with E-state index < -0.39 is 4.92 Å². The molecular weight excluding hydrogens is 262 g/mol. The molecule has 0 bridgehead atoms. The van der Waals surface area contributed by atoms with Gasteiger partial charge in [0.15, 0.2) is 0 Å². The highest BCUT2D eigenvalue weighted by Crippen LogP contribution is 2.25. The van der Waals surface area contributed by atoms with Crippen molar-refractivity contribution in [3.8, 4) is 0 Å². The first kappa shape index (κ1) is 14.3. The summed E-state index contributed by atoms with van der Waals surface area (Å²) in [5.41, 5.74) is 0.652. The number of hydrogen-bond donors (Lipinski definition) is 2. The number of carbonyl (C=O) groups excluding carboxylic acids is 1. The molecule has 0 aliphatic carbocycles. The standard InChI is InChI=1S/C13H17N3O4/c1-8-10(5-6-20-8)15-13(17)9-3-4-12(16(18)19)11(7-9)14-2/h3-4,7-8,10,14H,5-6H2,1-2H3,(H,15,17). The first-order valence-electron chi connectivity index (χ1n) is 6.41. The first-order chi connectivity index (χ1) is 9.52. The van der Waals surface area contributed by atoms with Gasteiger partial charge in [-0.25, -0.2) is 0 Å². The molecule has 1 fully saturated rings. The molecule has 1 amide bonds. The SMILES string of the molecule is CNc1cc(C(=O)NC2CCOC2C)ccc1[N+](=O)[O-]. The van der Waals surface area contributed by atoms with Crippen molar-refractivity contribution in [1.29, 1.82) is 0 Å². The van der Waals surface area contributed by atoms with Crippen LogP contribution in [-0.2, 0) is 4.74 Å². The van der Waals surface area contributed by atoms with Crippen LogP contribution in [0.4, 0.5) is 11.4 Å². The average Bonchev–Trinajstić information content (AvgIpc) is 2.83. The molecular formula is C13H17N3O4. The zero-order valence-corrected chi connectivity index (χ0v) is 11.4. The van der Waals surface area contributed by atoms with Crippen molar-refractivity contribution >= 4 is 17.3 Å². The van der Waals surface area contributed by atoms with E-state index in [9.17, 15) is 14.9 Å². The molecule has 7 heteroatoms. The number of hydrogen-bond acceptors (Lipinski definition) is 5. The van der Waals surface area contributed by atoms with E-state index in [1.807, 2.05) is 6.92 Å². The predicted octanol–water partition coefficient (Wildman–Crippen LogP) is 1.54. The summed E-state index contributed by atoms with van der Waals surface area (Å²) in [6.45, 7) is 2.54. The highest BCUT2D eigenvalue weighted by molar-refractivity contribution is 5.96. The summed E-state index contributed by atoms with van der Waals surface area (Å²) in [5, 5.41) is 16.4. The third-order valence-electron chi connectivity index (χ3n) is 3.42. The maximum Gasteiger partial charge on any atom is 0.292 e. The number of ether oxygens (including phenoxy) is 1. The lowest BCUT2D eigenvalue weighted by atomic mass is 10.1. The molecule has 1 saturated heterocycles. The minimum absolute atomic E-state index is 0.0132. The number of nitrogens with one attached hydrogen (secondary N) is 2. The Kier molecular flexibility index (Phi) is 4.19. The van der Waals surface area contributed by atoms with Gasteiger partial charge in [-0.3, -0.25) is 14.9 Å². The van der Waals surface area contributed by atoms with Crippen LogP contribution in [0.3, 0.4) is 0 Å². The molecule has 7 nitrogen and oxygen atoms in total. The van der Waals surface area contributed by atoms with E-state index in [-0.39, 0.29) is 23.7 Å². The lowest BCUT2D eigenvalue weighted by molar-refractivity contribution is -0.383. The minimum Gasteiger partial charge on any atom is -0.383 e. The number of nitro groups is 1. The molecule has 2 atom stereocenters. The molecule has 1 heterocycles. The van der Waals surface area contributed by atoms with Gasteiger partial charge >= 0.3 is 0 Å². The van der Waals surface area contributed by atoms with Crippen molar-refractivity contribution < 1.29 is 14.5 Å². The van der Waals surface area contributed by atoms with Gasteiger partial charge in [-0.2, -0.15) is 0 Å². The molecule has 1 aromatic carbocycles. The topological polar surface area (TPSA) is 93.5 Å². The summed E-state index contributed by atoms with van der Waals surface area (Å²) in [5.74, 6) is -0.251. The van der Waals surface area contributed by atoms with E-state index in [4.69, 9.17) is 4.74 Å². The van der Waals surface area contributed by atoms with Crippen molar-refractivity contribution in [3.05, 3.63) is 33.9 Å². The van der Waals surface area contributed by atoms with Crippen molar-refractivity contribution in [1.82, 2.24) is 5.32 Å². The molecule has 20 heavy (non-hydrogen) atoms. The normalized spacial score (nSPS) is 21.5. The fraction of sp³-hybridized carbons (Fsp3) is 0.462. The predicted molar refractivity (Wildman–Crippen MR) is 73.9 cm³/mol. The Hall–Kier alpha value is -2.15. The molecule has 0 spiro atoms. The second-order valence-corrected chi connectivity index (χ2v) is 4.68. The lowest BCUT2D eigenvalue weighted by Crippen LogP contribution is -2.39. The molecule has 0 radical (unpaired) electrons. The smallest absolute Gasteiger partial charge is 0.292 e. The monoisotopic (exact) mass is 279 g/mol. The third-order valence-corrected chi connectivity index (χ3v) is 3.42. The van der Waals surface area contributed by atoms with Crippen LogP contribution < -0.4 is 10.6 Å². The number of benzene rings is 1. The van der Waals surface area contributed by atoms with Crippen LogP contribution in [0.15, 0.2) is 18.2 Å². The second-order valence-electron chi connectivity index (χ2n) is 4.68. The van der Waals surface area contributed by atoms with Crippen molar-refractivity contribution in [2.24, 2.45) is 0 Å². The largest absolute Gasteiger partial charge is 0.383 e. The molecule has 1 aromatic rings. The van der Waals surface area contributed by atoms with Crippen LogP contribution in [0.25, 0.3) is 0 Å². The summed E-state index contributed by atoms with van der Waals surface area (Å²) in [4.78, 5) is 22.5. The summed E-state index contributed by atoms with van der Waals surface area (Å²) in [6.07, 6.45) is 0.763.